The van der Waals surface area contributed by atoms with E-state index in [-0.39, 0.29) is 6.42 Å². The Bertz CT molecular complexity index is 183. The Balaban J connectivity index is 2.71. The zero-order valence-electron chi connectivity index (χ0n) is 5.28. The monoisotopic (exact) mass is 235 g/mol. The molecule has 0 aliphatic carbocycles. The molecule has 1 amide bonds. The molecule has 64 valence electrons. The first-order chi connectivity index (χ1) is 4.93. The third-order valence-corrected chi connectivity index (χ3v) is 2.97. The van der Waals surface area contributed by atoms with Crippen LogP contribution in [0.25, 0.3) is 0 Å². The molecule has 1 aliphatic rings. The summed E-state index contributed by atoms with van der Waals surface area (Å²) in [5, 5.41) is 1.92. The van der Waals surface area contributed by atoms with Gasteiger partial charge in [0.05, 0.1) is 5.38 Å². The van der Waals surface area contributed by atoms with E-state index >= 15 is 0 Å². The zero-order valence-corrected chi connectivity index (χ0v) is 8.31. The van der Waals surface area contributed by atoms with Gasteiger partial charge in [-0.05, 0) is 0 Å². The molecule has 0 radical (unpaired) electrons. The van der Waals surface area contributed by atoms with Crippen molar-refractivity contribution in [3.05, 3.63) is 0 Å². The summed E-state index contributed by atoms with van der Waals surface area (Å²) in [7, 11) is 0. The molecule has 0 bridgehead atoms. The van der Waals surface area contributed by atoms with Gasteiger partial charge in [0.15, 0.2) is 4.33 Å². The van der Waals surface area contributed by atoms with Crippen LogP contribution in [0.1, 0.15) is 6.42 Å². The van der Waals surface area contributed by atoms with Gasteiger partial charge in [-0.2, -0.15) is 0 Å². The van der Waals surface area contributed by atoms with Crippen molar-refractivity contribution in [3.8, 4) is 0 Å². The van der Waals surface area contributed by atoms with Gasteiger partial charge in [-0.3, -0.25) is 4.79 Å². The number of alkyl halides is 4. The zero-order chi connectivity index (χ0) is 8.65. The molecule has 1 aliphatic heterocycles. The number of amides is 1. The van der Waals surface area contributed by atoms with Crippen molar-refractivity contribution in [2.75, 3.05) is 0 Å². The van der Waals surface area contributed by atoms with E-state index in [0.717, 1.165) is 0 Å². The Morgan fingerprint density at radius 3 is 2.45 bits per heavy atom. The second-order valence-electron chi connectivity index (χ2n) is 2.30. The number of rotatable bonds is 0. The lowest BCUT2D eigenvalue weighted by Gasteiger charge is -2.31. The Labute approximate surface area is 84.1 Å². The van der Waals surface area contributed by atoms with Gasteiger partial charge >= 0.3 is 0 Å². The molecule has 1 rings (SSSR count). The van der Waals surface area contributed by atoms with Gasteiger partial charge in [0, 0.05) is 6.42 Å². The van der Waals surface area contributed by atoms with Gasteiger partial charge in [-0.25, -0.2) is 0 Å². The highest BCUT2D eigenvalue weighted by Crippen LogP contribution is 2.34. The first kappa shape index (κ1) is 9.72. The minimum absolute atomic E-state index is 0.164. The maximum absolute atomic E-state index is 11.0. The first-order valence-electron chi connectivity index (χ1n) is 2.90. The van der Waals surface area contributed by atoms with Crippen LogP contribution in [0, 0.1) is 0 Å². The summed E-state index contributed by atoms with van der Waals surface area (Å²) in [6.07, 6.45) is 0.164. The van der Waals surface area contributed by atoms with E-state index in [1.54, 1.807) is 0 Å². The number of hydrogen-bond donors (Lipinski definition) is 1. The lowest BCUT2D eigenvalue weighted by Crippen LogP contribution is -2.52. The molecule has 0 aromatic heterocycles. The minimum atomic E-state index is -1.43. The molecule has 2 nitrogen and oxygen atoms in total. The number of hydrogen-bond acceptors (Lipinski definition) is 1. The van der Waals surface area contributed by atoms with Crippen LogP contribution >= 0.6 is 46.4 Å². The van der Waals surface area contributed by atoms with Crippen LogP contribution in [0.3, 0.4) is 0 Å². The van der Waals surface area contributed by atoms with Crippen molar-refractivity contribution in [1.29, 1.82) is 0 Å². The van der Waals surface area contributed by atoms with Crippen molar-refractivity contribution in [3.63, 3.8) is 0 Å². The van der Waals surface area contributed by atoms with Crippen LogP contribution in [0.4, 0.5) is 0 Å². The van der Waals surface area contributed by atoms with Crippen LogP contribution in [0.5, 0.6) is 0 Å². The van der Waals surface area contributed by atoms with Crippen LogP contribution in [0.2, 0.25) is 0 Å². The summed E-state index contributed by atoms with van der Waals surface area (Å²) in [6, 6.07) is 0. The third-order valence-electron chi connectivity index (χ3n) is 1.37. The van der Waals surface area contributed by atoms with Crippen LogP contribution in [-0.2, 0) is 4.79 Å². The summed E-state index contributed by atoms with van der Waals surface area (Å²) < 4.78 is -1.43. The average Bonchev–Trinajstić information content (AvgIpc) is 1.83. The normalized spacial score (nSPS) is 36.5. The molecule has 1 heterocycles. The molecule has 1 saturated heterocycles. The summed E-state index contributed by atoms with van der Waals surface area (Å²) in [5.41, 5.74) is -0.588. The number of halogens is 4. The molecule has 0 saturated carbocycles. The molecule has 1 N–H and O–H groups in total. The second-order valence-corrected chi connectivity index (χ2v) is 4.81. The highest BCUT2D eigenvalue weighted by atomic mass is 35.5. The largest absolute Gasteiger partial charge is 0.336 e. The fraction of sp³-hybridized carbons (Fsp3) is 0.800. The number of carbonyl (C=O) groups excluding carboxylic acids is 1. The summed E-state index contributed by atoms with van der Waals surface area (Å²) in [5.74, 6) is -0.488. The fourth-order valence-corrected chi connectivity index (χ4v) is 1.84. The highest BCUT2D eigenvalue weighted by Gasteiger charge is 2.43. The molecule has 1 fully saturated rings. The number of piperidine rings is 1. The van der Waals surface area contributed by atoms with Crippen molar-refractivity contribution >= 4 is 52.3 Å². The van der Waals surface area contributed by atoms with E-state index in [2.05, 4.69) is 5.32 Å². The molecular formula is C5H5Cl4NO. The Morgan fingerprint density at radius 1 is 1.45 bits per heavy atom. The SMILES string of the molecule is O=C1NC(Cl)C(Cl)CC1(Cl)Cl. The number of carbonyl (C=O) groups is 1. The summed E-state index contributed by atoms with van der Waals surface area (Å²) in [6.45, 7) is 0. The van der Waals surface area contributed by atoms with E-state index in [0.29, 0.717) is 0 Å². The molecule has 6 heteroatoms. The first-order valence-corrected chi connectivity index (χ1v) is 4.53. The smallest absolute Gasteiger partial charge is 0.257 e. The minimum Gasteiger partial charge on any atom is -0.336 e. The predicted octanol–water partition coefficient (Wildman–Crippen LogP) is 1.85. The molecule has 2 unspecified atom stereocenters. The van der Waals surface area contributed by atoms with Crippen LogP contribution in [0.15, 0.2) is 0 Å². The topological polar surface area (TPSA) is 29.1 Å². The van der Waals surface area contributed by atoms with Gasteiger partial charge in [-0.15, -0.1) is 11.6 Å². The second kappa shape index (κ2) is 3.17. The van der Waals surface area contributed by atoms with Crippen LogP contribution in [-0.4, -0.2) is 21.1 Å². The van der Waals surface area contributed by atoms with Crippen molar-refractivity contribution in [2.45, 2.75) is 21.6 Å². The van der Waals surface area contributed by atoms with E-state index in [1.807, 2.05) is 0 Å². The van der Waals surface area contributed by atoms with E-state index in [9.17, 15) is 4.79 Å². The van der Waals surface area contributed by atoms with Gasteiger partial charge in [0.1, 0.15) is 5.50 Å². The van der Waals surface area contributed by atoms with E-state index < -0.39 is 21.1 Å². The Hall–Kier alpha value is 0.630. The lowest BCUT2D eigenvalue weighted by molar-refractivity contribution is -0.123. The average molecular weight is 237 g/mol. The highest BCUT2D eigenvalue weighted by molar-refractivity contribution is 6.59. The molecule has 0 aromatic carbocycles. The van der Waals surface area contributed by atoms with Gasteiger partial charge in [-0.1, -0.05) is 34.8 Å². The summed E-state index contributed by atoms with van der Waals surface area (Å²) >= 11 is 22.5. The fourth-order valence-electron chi connectivity index (χ4n) is 0.762. The van der Waals surface area contributed by atoms with Gasteiger partial charge in [0.25, 0.3) is 5.91 Å². The molecule has 0 aromatic rings. The van der Waals surface area contributed by atoms with Gasteiger partial charge < -0.3 is 5.32 Å². The quantitative estimate of drug-likeness (QED) is 0.505. The Morgan fingerprint density at radius 2 is 2.00 bits per heavy atom. The molecular weight excluding hydrogens is 232 g/mol. The molecule has 11 heavy (non-hydrogen) atoms. The van der Waals surface area contributed by atoms with Crippen molar-refractivity contribution in [1.82, 2.24) is 5.32 Å². The predicted molar refractivity (Wildman–Crippen MR) is 46.5 cm³/mol. The third kappa shape index (κ3) is 2.05. The lowest BCUT2D eigenvalue weighted by atomic mass is 10.1. The molecule has 2 atom stereocenters. The standard InChI is InChI=1S/C5H5Cl4NO/c6-2-1-5(8,9)4(11)10-3(2)7/h2-3H,1H2,(H,10,11). The van der Waals surface area contributed by atoms with E-state index in [1.165, 1.54) is 0 Å². The number of nitrogens with one attached hydrogen (secondary N) is 1. The maximum atomic E-state index is 11.0. The van der Waals surface area contributed by atoms with Crippen LogP contribution < -0.4 is 5.32 Å². The summed E-state index contributed by atoms with van der Waals surface area (Å²) in [4.78, 5) is 11.0. The van der Waals surface area contributed by atoms with E-state index in [4.69, 9.17) is 46.4 Å². The van der Waals surface area contributed by atoms with Crippen molar-refractivity contribution in [2.24, 2.45) is 0 Å². The maximum Gasteiger partial charge on any atom is 0.257 e. The van der Waals surface area contributed by atoms with Crippen molar-refractivity contribution < 1.29 is 4.79 Å². The Kier molecular flexibility index (Phi) is 2.80. The molecule has 0 spiro atoms. The van der Waals surface area contributed by atoms with Gasteiger partial charge in [0.2, 0.25) is 0 Å².